The van der Waals surface area contributed by atoms with Crippen molar-refractivity contribution in [2.45, 2.75) is 76.2 Å². The zero-order chi connectivity index (χ0) is 20.1. The van der Waals surface area contributed by atoms with Crippen LogP contribution in [0.3, 0.4) is 0 Å². The highest BCUT2D eigenvalue weighted by molar-refractivity contribution is 6.40. The first-order valence-electron chi connectivity index (χ1n) is 10.9. The van der Waals surface area contributed by atoms with Crippen LogP contribution in [0.15, 0.2) is 24.3 Å². The average molecular weight is 386 g/mol. The van der Waals surface area contributed by atoms with Crippen LogP contribution in [0, 0.1) is 5.92 Å². The molecule has 3 rings (SSSR count). The molecular weight excluding hydrogens is 351 g/mol. The van der Waals surface area contributed by atoms with Gasteiger partial charge in [0.1, 0.15) is 5.78 Å². The molecule has 1 fully saturated rings. The normalized spacial score (nSPS) is 23.1. The van der Waals surface area contributed by atoms with Crippen molar-refractivity contribution in [2.75, 3.05) is 13.1 Å². The van der Waals surface area contributed by atoms with Crippen LogP contribution in [0.1, 0.15) is 69.0 Å². The van der Waals surface area contributed by atoms with Crippen LogP contribution >= 0.6 is 0 Å². The van der Waals surface area contributed by atoms with E-state index in [1.54, 1.807) is 6.92 Å². The number of piperidine rings is 1. The molecule has 0 spiro atoms. The fourth-order valence-corrected chi connectivity index (χ4v) is 5.25. The third-order valence-electron chi connectivity index (χ3n) is 6.99. The van der Waals surface area contributed by atoms with Crippen LogP contribution in [0.5, 0.6) is 0 Å². The first-order valence-corrected chi connectivity index (χ1v) is 10.9. The van der Waals surface area contributed by atoms with Crippen molar-refractivity contribution in [2.24, 2.45) is 11.7 Å². The highest BCUT2D eigenvalue weighted by atomic mass is 16.4. The molecule has 154 valence electrons. The molecule has 0 aromatic heterocycles. The van der Waals surface area contributed by atoms with Gasteiger partial charge in [-0.2, -0.15) is 0 Å². The molecule has 5 nitrogen and oxygen atoms in total. The van der Waals surface area contributed by atoms with Crippen molar-refractivity contribution in [1.29, 1.82) is 0 Å². The Balaban J connectivity index is 1.59. The molecule has 1 aromatic rings. The Bertz CT molecular complexity index is 661. The topological polar surface area (TPSA) is 86.8 Å². The fourth-order valence-electron chi connectivity index (χ4n) is 5.25. The van der Waals surface area contributed by atoms with Crippen molar-refractivity contribution in [3.05, 3.63) is 35.4 Å². The minimum atomic E-state index is -1.27. The van der Waals surface area contributed by atoms with Gasteiger partial charge >= 0.3 is 7.12 Å². The summed E-state index contributed by atoms with van der Waals surface area (Å²) in [6.45, 7) is 3.60. The number of unbranched alkanes of at least 4 members (excludes halogenated alkanes) is 1. The van der Waals surface area contributed by atoms with Gasteiger partial charge in [0.2, 0.25) is 0 Å². The number of fused-ring (bicyclic) bond motifs is 1. The van der Waals surface area contributed by atoms with E-state index >= 15 is 0 Å². The molecule has 0 bridgehead atoms. The summed E-state index contributed by atoms with van der Waals surface area (Å²) in [4.78, 5) is 15.0. The van der Waals surface area contributed by atoms with E-state index in [1.807, 2.05) is 0 Å². The number of hydrogen-bond acceptors (Lipinski definition) is 5. The number of ketones is 1. The zero-order valence-corrected chi connectivity index (χ0v) is 17.1. The van der Waals surface area contributed by atoms with Crippen LogP contribution in [-0.4, -0.2) is 46.5 Å². The SMILES string of the molecule is CC(=O)[C@](N)(CCCCB(O)O)C1CCN(C2CCCc3ccccc32)CC1. The van der Waals surface area contributed by atoms with Gasteiger partial charge in [-0.1, -0.05) is 37.1 Å². The van der Waals surface area contributed by atoms with Gasteiger partial charge in [0.15, 0.2) is 0 Å². The standard InChI is InChI=1S/C22H35BN2O3/c1-17(26)22(24,13-4-5-14-23(27)28)19-11-15-25(16-12-19)21-10-6-8-18-7-2-3-9-20(18)21/h2-3,7,9,19,21,27-28H,4-6,8,10-16,24H2,1H3/t21?,22-/m1/s1. The quantitative estimate of drug-likeness (QED) is 0.472. The third-order valence-corrected chi connectivity index (χ3v) is 6.99. The molecule has 2 atom stereocenters. The van der Waals surface area contributed by atoms with E-state index < -0.39 is 12.7 Å². The van der Waals surface area contributed by atoms with E-state index in [-0.39, 0.29) is 11.7 Å². The van der Waals surface area contributed by atoms with Crippen molar-refractivity contribution < 1.29 is 14.8 Å². The summed E-state index contributed by atoms with van der Waals surface area (Å²) in [5.41, 5.74) is 8.84. The van der Waals surface area contributed by atoms with Crippen LogP contribution in [0.4, 0.5) is 0 Å². The molecular formula is C22H35BN2O3. The van der Waals surface area contributed by atoms with Gasteiger partial charge < -0.3 is 15.8 Å². The molecule has 4 N–H and O–H groups in total. The number of aryl methyl sites for hydroxylation is 1. The number of benzene rings is 1. The van der Waals surface area contributed by atoms with Gasteiger partial charge in [0.05, 0.1) is 5.54 Å². The van der Waals surface area contributed by atoms with Crippen molar-refractivity contribution in [3.63, 3.8) is 0 Å². The number of nitrogens with zero attached hydrogens (tertiary/aromatic N) is 1. The molecule has 1 heterocycles. The predicted molar refractivity (Wildman–Crippen MR) is 113 cm³/mol. The number of carbonyl (C=O) groups is 1. The minimum absolute atomic E-state index is 0.0681. The molecule has 0 saturated carbocycles. The Morgan fingerprint density at radius 2 is 1.93 bits per heavy atom. The lowest BCUT2D eigenvalue weighted by Gasteiger charge is -2.44. The van der Waals surface area contributed by atoms with Crippen molar-refractivity contribution in [3.8, 4) is 0 Å². The van der Waals surface area contributed by atoms with Gasteiger partial charge in [-0.3, -0.25) is 9.69 Å². The van der Waals surface area contributed by atoms with E-state index in [0.29, 0.717) is 25.2 Å². The number of carbonyl (C=O) groups excluding carboxylic acids is 1. The minimum Gasteiger partial charge on any atom is -0.427 e. The second kappa shape index (κ2) is 9.53. The zero-order valence-electron chi connectivity index (χ0n) is 17.1. The number of nitrogens with two attached hydrogens (primary N) is 1. The smallest absolute Gasteiger partial charge is 0.427 e. The number of hydrogen-bond donors (Lipinski definition) is 3. The van der Waals surface area contributed by atoms with Crippen LogP contribution in [0.25, 0.3) is 0 Å². The molecule has 1 unspecified atom stereocenters. The van der Waals surface area contributed by atoms with E-state index in [1.165, 1.54) is 30.4 Å². The third kappa shape index (κ3) is 4.85. The fraction of sp³-hybridized carbons (Fsp3) is 0.682. The maximum absolute atomic E-state index is 12.4. The molecule has 1 saturated heterocycles. The number of rotatable bonds is 8. The lowest BCUT2D eigenvalue weighted by Crippen LogP contribution is -2.56. The molecule has 1 aromatic carbocycles. The monoisotopic (exact) mass is 386 g/mol. The molecule has 6 heteroatoms. The predicted octanol–water partition coefficient (Wildman–Crippen LogP) is 2.71. The van der Waals surface area contributed by atoms with Gasteiger partial charge in [0, 0.05) is 6.04 Å². The summed E-state index contributed by atoms with van der Waals surface area (Å²) in [5, 5.41) is 18.0. The number of likely N-dealkylation sites (tertiary alicyclic amines) is 1. The first-order chi connectivity index (χ1) is 13.4. The van der Waals surface area contributed by atoms with E-state index in [0.717, 1.165) is 32.4 Å². The lowest BCUT2D eigenvalue weighted by molar-refractivity contribution is -0.125. The van der Waals surface area contributed by atoms with Crippen LogP contribution in [-0.2, 0) is 11.2 Å². The van der Waals surface area contributed by atoms with Gasteiger partial charge in [-0.15, -0.1) is 0 Å². The summed E-state index contributed by atoms with van der Waals surface area (Å²) >= 11 is 0. The second-order valence-electron chi connectivity index (χ2n) is 8.74. The van der Waals surface area contributed by atoms with Crippen molar-refractivity contribution >= 4 is 12.9 Å². The lowest BCUT2D eigenvalue weighted by atomic mass is 9.72. The van der Waals surface area contributed by atoms with Crippen molar-refractivity contribution in [1.82, 2.24) is 4.90 Å². The van der Waals surface area contributed by atoms with Gasteiger partial charge in [-0.05, 0) is 81.9 Å². The molecule has 28 heavy (non-hydrogen) atoms. The van der Waals surface area contributed by atoms with E-state index in [9.17, 15) is 4.79 Å². The Morgan fingerprint density at radius 1 is 1.21 bits per heavy atom. The van der Waals surface area contributed by atoms with E-state index in [4.69, 9.17) is 15.8 Å². The summed E-state index contributed by atoms with van der Waals surface area (Å²) in [6, 6.07) is 9.33. The summed E-state index contributed by atoms with van der Waals surface area (Å²) in [6.07, 6.45) is 7.96. The Kier molecular flexibility index (Phi) is 7.32. The summed E-state index contributed by atoms with van der Waals surface area (Å²) in [7, 11) is -1.27. The highest BCUT2D eigenvalue weighted by Gasteiger charge is 2.41. The Morgan fingerprint density at radius 3 is 2.61 bits per heavy atom. The highest BCUT2D eigenvalue weighted by Crippen LogP contribution is 2.39. The maximum atomic E-state index is 12.4. The molecule has 2 aliphatic rings. The van der Waals surface area contributed by atoms with Gasteiger partial charge in [0.25, 0.3) is 0 Å². The largest absolute Gasteiger partial charge is 0.451 e. The molecule has 0 radical (unpaired) electrons. The average Bonchev–Trinajstić information content (AvgIpc) is 2.70. The van der Waals surface area contributed by atoms with Gasteiger partial charge in [-0.25, -0.2) is 0 Å². The summed E-state index contributed by atoms with van der Waals surface area (Å²) in [5.74, 6) is 0.276. The molecule has 0 amide bonds. The Hall–Kier alpha value is -1.21. The number of Topliss-reactive ketones (excluding diaryl/α,β-unsaturated/α-hetero) is 1. The second-order valence-corrected chi connectivity index (χ2v) is 8.74. The van der Waals surface area contributed by atoms with E-state index in [2.05, 4.69) is 29.2 Å². The Labute approximate surface area is 169 Å². The van der Waals surface area contributed by atoms with Crippen LogP contribution in [0.2, 0.25) is 6.32 Å². The maximum Gasteiger partial charge on any atom is 0.451 e. The first kappa shape index (κ1) is 21.5. The van der Waals surface area contributed by atoms with Crippen LogP contribution < -0.4 is 5.73 Å². The summed E-state index contributed by atoms with van der Waals surface area (Å²) < 4.78 is 0. The molecule has 1 aliphatic carbocycles. The molecule has 1 aliphatic heterocycles.